The highest BCUT2D eigenvalue weighted by molar-refractivity contribution is 5.95. The van der Waals surface area contributed by atoms with Gasteiger partial charge in [0.05, 0.1) is 23.6 Å². The second-order valence-corrected chi connectivity index (χ2v) is 8.19. The monoisotopic (exact) mass is 419 g/mol. The van der Waals surface area contributed by atoms with Crippen LogP contribution in [0, 0.1) is 6.92 Å². The van der Waals surface area contributed by atoms with Crippen molar-refractivity contribution in [1.82, 2.24) is 14.9 Å². The highest BCUT2D eigenvalue weighted by Gasteiger charge is 2.20. The summed E-state index contributed by atoms with van der Waals surface area (Å²) in [5.41, 5.74) is 4.87. The molecule has 0 saturated heterocycles. The molecule has 1 unspecified atom stereocenters. The molecule has 1 N–H and O–H groups in total. The predicted molar refractivity (Wildman–Crippen MR) is 130 cm³/mol. The zero-order valence-corrected chi connectivity index (χ0v) is 18.2. The first kappa shape index (κ1) is 20.0. The van der Waals surface area contributed by atoms with Crippen LogP contribution in [0.25, 0.3) is 21.8 Å². The van der Waals surface area contributed by atoms with E-state index in [0.717, 1.165) is 22.4 Å². The molecular formula is C28H25N3O. The van der Waals surface area contributed by atoms with Gasteiger partial charge in [-0.15, -0.1) is 0 Å². The number of nitrogens with one attached hydrogen (secondary N) is 1. The molecule has 0 radical (unpaired) electrons. The van der Waals surface area contributed by atoms with Crippen molar-refractivity contribution in [3.05, 3.63) is 114 Å². The smallest absolute Gasteiger partial charge is 0.252 e. The van der Waals surface area contributed by atoms with Gasteiger partial charge in [-0.05, 0) is 53.9 Å². The van der Waals surface area contributed by atoms with Crippen LogP contribution in [0.15, 0.2) is 91.0 Å². The Balaban J connectivity index is 1.54. The van der Waals surface area contributed by atoms with Gasteiger partial charge in [0.15, 0.2) is 0 Å². The number of aromatic nitrogens is 2. The number of fused-ring (bicyclic) bond motifs is 2. The maximum absolute atomic E-state index is 13.0. The molecule has 4 heteroatoms. The van der Waals surface area contributed by atoms with E-state index in [-0.39, 0.29) is 11.9 Å². The molecule has 1 atom stereocenters. The van der Waals surface area contributed by atoms with E-state index in [2.05, 4.69) is 58.4 Å². The topological polar surface area (TPSA) is 46.9 Å². The second kappa shape index (κ2) is 8.31. The van der Waals surface area contributed by atoms with Gasteiger partial charge in [-0.1, -0.05) is 72.8 Å². The van der Waals surface area contributed by atoms with Crippen molar-refractivity contribution in [1.29, 1.82) is 0 Å². The summed E-state index contributed by atoms with van der Waals surface area (Å²) in [6.07, 6.45) is 0. The van der Waals surface area contributed by atoms with Crippen LogP contribution in [0.2, 0.25) is 0 Å². The Morgan fingerprint density at radius 1 is 0.906 bits per heavy atom. The molecule has 4 aromatic carbocycles. The number of benzene rings is 4. The van der Waals surface area contributed by atoms with E-state index in [4.69, 9.17) is 4.98 Å². The van der Waals surface area contributed by atoms with Crippen molar-refractivity contribution in [2.24, 2.45) is 0 Å². The number of rotatable bonds is 5. The van der Waals surface area contributed by atoms with Gasteiger partial charge in [-0.25, -0.2) is 4.98 Å². The first-order chi connectivity index (χ1) is 15.6. The lowest BCUT2D eigenvalue weighted by atomic mass is 10.0. The number of hydrogen-bond donors (Lipinski definition) is 1. The quantitative estimate of drug-likeness (QED) is 0.378. The average Bonchev–Trinajstić information content (AvgIpc) is 3.18. The van der Waals surface area contributed by atoms with Crippen LogP contribution in [0.3, 0.4) is 0 Å². The third-order valence-corrected chi connectivity index (χ3v) is 6.02. The van der Waals surface area contributed by atoms with Gasteiger partial charge in [0.2, 0.25) is 0 Å². The van der Waals surface area contributed by atoms with Gasteiger partial charge < -0.3 is 9.88 Å². The van der Waals surface area contributed by atoms with Crippen molar-refractivity contribution >= 4 is 27.7 Å². The predicted octanol–water partition coefficient (Wildman–Crippen LogP) is 6.04. The van der Waals surface area contributed by atoms with Gasteiger partial charge in [-0.3, -0.25) is 4.79 Å². The Kier molecular flexibility index (Phi) is 5.20. The fourth-order valence-electron chi connectivity index (χ4n) is 4.36. The minimum atomic E-state index is -0.246. The number of amides is 1. The van der Waals surface area contributed by atoms with Crippen LogP contribution in [-0.2, 0) is 6.54 Å². The molecule has 0 aliphatic heterocycles. The standard InChI is InChI=1S/C28H25N3O/c1-19-10-3-5-14-23(19)28(32)29-20(2)27-30-25-16-7-8-17-26(25)31(27)18-22-13-9-12-21-11-4-6-15-24(21)22/h3-17,20H,18H2,1-2H3,(H,29,32). The maximum Gasteiger partial charge on any atom is 0.252 e. The summed E-state index contributed by atoms with van der Waals surface area (Å²) in [5, 5.41) is 5.61. The van der Waals surface area contributed by atoms with Crippen LogP contribution in [0.5, 0.6) is 0 Å². The molecule has 0 saturated carbocycles. The summed E-state index contributed by atoms with van der Waals surface area (Å²) in [5.74, 6) is 0.764. The Hall–Kier alpha value is -3.92. The van der Waals surface area contributed by atoms with Crippen molar-refractivity contribution in [3.8, 4) is 0 Å². The molecule has 0 fully saturated rings. The molecule has 0 aliphatic carbocycles. The molecule has 4 nitrogen and oxygen atoms in total. The summed E-state index contributed by atoms with van der Waals surface area (Å²) >= 11 is 0. The molecular weight excluding hydrogens is 394 g/mol. The molecule has 1 aromatic heterocycles. The number of nitrogens with zero attached hydrogens (tertiary/aromatic N) is 2. The fraction of sp³-hybridized carbons (Fsp3) is 0.143. The highest BCUT2D eigenvalue weighted by Crippen LogP contribution is 2.26. The van der Waals surface area contributed by atoms with Crippen LogP contribution in [-0.4, -0.2) is 15.5 Å². The van der Waals surface area contributed by atoms with Gasteiger partial charge in [0, 0.05) is 5.56 Å². The molecule has 5 aromatic rings. The third kappa shape index (κ3) is 3.65. The molecule has 0 spiro atoms. The molecule has 158 valence electrons. The fourth-order valence-corrected chi connectivity index (χ4v) is 4.36. The summed E-state index contributed by atoms with van der Waals surface area (Å²) in [6, 6.07) is 30.4. The second-order valence-electron chi connectivity index (χ2n) is 8.19. The summed E-state index contributed by atoms with van der Waals surface area (Å²) in [6.45, 7) is 4.63. The number of para-hydroxylation sites is 2. The highest BCUT2D eigenvalue weighted by atomic mass is 16.1. The lowest BCUT2D eigenvalue weighted by Gasteiger charge is -2.18. The summed E-state index contributed by atoms with van der Waals surface area (Å²) in [7, 11) is 0. The Morgan fingerprint density at radius 3 is 2.50 bits per heavy atom. The van der Waals surface area contributed by atoms with Gasteiger partial charge >= 0.3 is 0 Å². The molecule has 5 rings (SSSR count). The van der Waals surface area contributed by atoms with Crippen molar-refractivity contribution < 1.29 is 4.79 Å². The van der Waals surface area contributed by atoms with E-state index in [9.17, 15) is 4.79 Å². The summed E-state index contributed by atoms with van der Waals surface area (Å²) < 4.78 is 2.22. The van der Waals surface area contributed by atoms with Crippen molar-refractivity contribution in [2.45, 2.75) is 26.4 Å². The maximum atomic E-state index is 13.0. The Bertz CT molecular complexity index is 1430. The van der Waals surface area contributed by atoms with Crippen LogP contribution >= 0.6 is 0 Å². The molecule has 0 aliphatic rings. The lowest BCUT2D eigenvalue weighted by Crippen LogP contribution is -2.29. The van der Waals surface area contributed by atoms with Crippen LogP contribution < -0.4 is 5.32 Å². The summed E-state index contributed by atoms with van der Waals surface area (Å²) in [4.78, 5) is 17.9. The minimum Gasteiger partial charge on any atom is -0.342 e. The number of imidazole rings is 1. The number of carbonyl (C=O) groups excluding carboxylic acids is 1. The van der Waals surface area contributed by atoms with E-state index in [1.807, 2.05) is 56.3 Å². The SMILES string of the molecule is Cc1ccccc1C(=O)NC(C)c1nc2ccccc2n1Cc1cccc2ccccc12. The van der Waals surface area contributed by atoms with E-state index < -0.39 is 0 Å². The number of carbonyl (C=O) groups is 1. The van der Waals surface area contributed by atoms with E-state index in [1.165, 1.54) is 16.3 Å². The lowest BCUT2D eigenvalue weighted by molar-refractivity contribution is 0.0937. The number of aryl methyl sites for hydroxylation is 1. The molecule has 1 amide bonds. The first-order valence-corrected chi connectivity index (χ1v) is 10.9. The van der Waals surface area contributed by atoms with Crippen LogP contribution in [0.4, 0.5) is 0 Å². The zero-order chi connectivity index (χ0) is 22.1. The Labute approximate surface area is 187 Å². The van der Waals surface area contributed by atoms with Gasteiger partial charge in [0.25, 0.3) is 5.91 Å². The molecule has 0 bridgehead atoms. The van der Waals surface area contributed by atoms with Gasteiger partial charge in [-0.2, -0.15) is 0 Å². The first-order valence-electron chi connectivity index (χ1n) is 10.9. The average molecular weight is 420 g/mol. The zero-order valence-electron chi connectivity index (χ0n) is 18.2. The van der Waals surface area contributed by atoms with Crippen LogP contribution in [0.1, 0.15) is 40.3 Å². The third-order valence-electron chi connectivity index (χ3n) is 6.02. The van der Waals surface area contributed by atoms with Crippen molar-refractivity contribution in [2.75, 3.05) is 0 Å². The normalized spacial score (nSPS) is 12.2. The van der Waals surface area contributed by atoms with E-state index in [1.54, 1.807) is 0 Å². The Morgan fingerprint density at radius 2 is 1.62 bits per heavy atom. The molecule has 32 heavy (non-hydrogen) atoms. The number of hydrogen-bond acceptors (Lipinski definition) is 2. The van der Waals surface area contributed by atoms with Crippen molar-refractivity contribution in [3.63, 3.8) is 0 Å². The largest absolute Gasteiger partial charge is 0.342 e. The van der Waals surface area contributed by atoms with Gasteiger partial charge in [0.1, 0.15) is 5.82 Å². The minimum absolute atomic E-state index is 0.0839. The molecule has 1 heterocycles. The van der Waals surface area contributed by atoms with E-state index >= 15 is 0 Å². The van der Waals surface area contributed by atoms with E-state index in [0.29, 0.717) is 12.1 Å².